The van der Waals surface area contributed by atoms with Gasteiger partial charge in [0.25, 0.3) is 5.91 Å². The molecular formula is C22H24N4O. The summed E-state index contributed by atoms with van der Waals surface area (Å²) in [6.07, 6.45) is 1.63. The Morgan fingerprint density at radius 3 is 2.59 bits per heavy atom. The van der Waals surface area contributed by atoms with Gasteiger partial charge in [0, 0.05) is 25.0 Å². The van der Waals surface area contributed by atoms with E-state index in [4.69, 9.17) is 0 Å². The van der Waals surface area contributed by atoms with Crippen molar-refractivity contribution in [1.29, 1.82) is 0 Å². The largest absolute Gasteiger partial charge is 0.337 e. The van der Waals surface area contributed by atoms with E-state index in [1.807, 2.05) is 55.1 Å². The third-order valence-electron chi connectivity index (χ3n) is 4.40. The average molecular weight is 360 g/mol. The van der Waals surface area contributed by atoms with E-state index in [1.54, 1.807) is 12.3 Å². The standard InChI is InChI=1S/C22H24N4O/c1-4-26(15-18-8-6-5-7-9-18)22-23-13-12-19(25-22)21(27)24-20-14-16(2)10-11-17(20)3/h5-14H,4,15H2,1-3H3,(H,24,27). The van der Waals surface area contributed by atoms with Gasteiger partial charge in [0.05, 0.1) is 0 Å². The van der Waals surface area contributed by atoms with Crippen LogP contribution in [0.25, 0.3) is 0 Å². The van der Waals surface area contributed by atoms with E-state index in [0.717, 1.165) is 23.4 Å². The fourth-order valence-corrected chi connectivity index (χ4v) is 2.81. The lowest BCUT2D eigenvalue weighted by atomic mass is 10.1. The summed E-state index contributed by atoms with van der Waals surface area (Å²) in [7, 11) is 0. The number of rotatable bonds is 6. The van der Waals surface area contributed by atoms with Crippen LogP contribution in [-0.2, 0) is 6.54 Å². The van der Waals surface area contributed by atoms with Gasteiger partial charge in [-0.3, -0.25) is 4.79 Å². The zero-order chi connectivity index (χ0) is 19.2. The molecule has 2 aromatic carbocycles. The summed E-state index contributed by atoms with van der Waals surface area (Å²) in [5, 5.41) is 2.95. The van der Waals surface area contributed by atoms with Crippen LogP contribution < -0.4 is 10.2 Å². The maximum Gasteiger partial charge on any atom is 0.274 e. The van der Waals surface area contributed by atoms with Crippen molar-refractivity contribution in [2.45, 2.75) is 27.3 Å². The van der Waals surface area contributed by atoms with Gasteiger partial charge in [-0.2, -0.15) is 0 Å². The summed E-state index contributed by atoms with van der Waals surface area (Å²) in [5.41, 5.74) is 4.44. The Kier molecular flexibility index (Phi) is 5.81. The highest BCUT2D eigenvalue weighted by Crippen LogP contribution is 2.18. The van der Waals surface area contributed by atoms with Crippen LogP contribution in [0.15, 0.2) is 60.8 Å². The van der Waals surface area contributed by atoms with Crippen LogP contribution in [0.5, 0.6) is 0 Å². The first-order chi connectivity index (χ1) is 13.1. The van der Waals surface area contributed by atoms with E-state index < -0.39 is 0 Å². The van der Waals surface area contributed by atoms with Gasteiger partial charge in [-0.1, -0.05) is 42.5 Å². The van der Waals surface area contributed by atoms with Crippen LogP contribution >= 0.6 is 0 Å². The van der Waals surface area contributed by atoms with Gasteiger partial charge in [0.15, 0.2) is 0 Å². The molecule has 0 fully saturated rings. The summed E-state index contributed by atoms with van der Waals surface area (Å²) >= 11 is 0. The topological polar surface area (TPSA) is 58.1 Å². The molecular weight excluding hydrogens is 336 g/mol. The minimum absolute atomic E-state index is 0.233. The maximum absolute atomic E-state index is 12.7. The van der Waals surface area contributed by atoms with Gasteiger partial charge in [-0.15, -0.1) is 0 Å². The number of aryl methyl sites for hydroxylation is 2. The summed E-state index contributed by atoms with van der Waals surface area (Å²) in [6, 6.07) is 17.8. The summed E-state index contributed by atoms with van der Waals surface area (Å²) in [4.78, 5) is 23.6. The van der Waals surface area contributed by atoms with E-state index in [-0.39, 0.29) is 5.91 Å². The second-order valence-corrected chi connectivity index (χ2v) is 6.51. The van der Waals surface area contributed by atoms with Crippen molar-refractivity contribution in [2.75, 3.05) is 16.8 Å². The smallest absolute Gasteiger partial charge is 0.274 e. The molecule has 0 saturated heterocycles. The highest BCUT2D eigenvalue weighted by atomic mass is 16.1. The number of carbonyl (C=O) groups is 1. The first-order valence-electron chi connectivity index (χ1n) is 9.07. The zero-order valence-electron chi connectivity index (χ0n) is 15.9. The molecule has 1 N–H and O–H groups in total. The van der Waals surface area contributed by atoms with Crippen molar-refractivity contribution < 1.29 is 4.79 Å². The summed E-state index contributed by atoms with van der Waals surface area (Å²) in [6.45, 7) is 7.46. The second kappa shape index (κ2) is 8.45. The lowest BCUT2D eigenvalue weighted by molar-refractivity contribution is 0.102. The lowest BCUT2D eigenvalue weighted by Gasteiger charge is -2.21. The van der Waals surface area contributed by atoms with Crippen LogP contribution in [0.1, 0.15) is 34.1 Å². The first kappa shape index (κ1) is 18.6. The van der Waals surface area contributed by atoms with Gasteiger partial charge in [0.1, 0.15) is 5.69 Å². The minimum atomic E-state index is -0.233. The lowest BCUT2D eigenvalue weighted by Crippen LogP contribution is -2.25. The van der Waals surface area contributed by atoms with Crippen molar-refractivity contribution in [1.82, 2.24) is 9.97 Å². The molecule has 0 aliphatic carbocycles. The summed E-state index contributed by atoms with van der Waals surface area (Å²) < 4.78 is 0. The third-order valence-corrected chi connectivity index (χ3v) is 4.40. The van der Waals surface area contributed by atoms with Gasteiger partial charge >= 0.3 is 0 Å². The third kappa shape index (κ3) is 4.70. The van der Waals surface area contributed by atoms with Gasteiger partial charge in [-0.25, -0.2) is 9.97 Å². The second-order valence-electron chi connectivity index (χ2n) is 6.51. The SMILES string of the molecule is CCN(Cc1ccccc1)c1nccc(C(=O)Nc2cc(C)ccc2C)n1. The number of nitrogens with one attached hydrogen (secondary N) is 1. The fraction of sp³-hybridized carbons (Fsp3) is 0.227. The van der Waals surface area contributed by atoms with E-state index in [2.05, 4.69) is 34.3 Å². The number of amides is 1. The van der Waals surface area contributed by atoms with E-state index in [9.17, 15) is 4.79 Å². The monoisotopic (exact) mass is 360 g/mol. The molecule has 3 rings (SSSR count). The van der Waals surface area contributed by atoms with Crippen LogP contribution in [0, 0.1) is 13.8 Å². The van der Waals surface area contributed by atoms with E-state index >= 15 is 0 Å². The Morgan fingerprint density at radius 1 is 1.07 bits per heavy atom. The number of carbonyl (C=O) groups excluding carboxylic acids is 1. The normalized spacial score (nSPS) is 10.5. The zero-order valence-corrected chi connectivity index (χ0v) is 15.9. The maximum atomic E-state index is 12.7. The van der Waals surface area contributed by atoms with E-state index in [0.29, 0.717) is 18.2 Å². The van der Waals surface area contributed by atoms with Crippen molar-refractivity contribution in [3.05, 3.63) is 83.2 Å². The highest BCUT2D eigenvalue weighted by Gasteiger charge is 2.14. The molecule has 0 unspecified atom stereocenters. The van der Waals surface area contributed by atoms with Crippen LogP contribution in [0.4, 0.5) is 11.6 Å². The van der Waals surface area contributed by atoms with Crippen LogP contribution in [0.2, 0.25) is 0 Å². The predicted molar refractivity (Wildman–Crippen MR) is 109 cm³/mol. The predicted octanol–water partition coefficient (Wildman–Crippen LogP) is 4.37. The Bertz CT molecular complexity index is 925. The fourth-order valence-electron chi connectivity index (χ4n) is 2.81. The van der Waals surface area contributed by atoms with Gasteiger partial charge in [-0.05, 0) is 49.6 Å². The van der Waals surface area contributed by atoms with Crippen LogP contribution in [-0.4, -0.2) is 22.4 Å². The molecule has 0 aliphatic rings. The highest BCUT2D eigenvalue weighted by molar-refractivity contribution is 6.03. The summed E-state index contributed by atoms with van der Waals surface area (Å²) in [5.74, 6) is 0.318. The number of hydrogen-bond donors (Lipinski definition) is 1. The molecule has 0 bridgehead atoms. The minimum Gasteiger partial charge on any atom is -0.337 e. The molecule has 0 spiro atoms. The molecule has 1 amide bonds. The molecule has 5 heteroatoms. The number of aromatic nitrogens is 2. The molecule has 1 aromatic heterocycles. The first-order valence-corrected chi connectivity index (χ1v) is 9.07. The molecule has 1 heterocycles. The van der Waals surface area contributed by atoms with Crippen molar-refractivity contribution in [2.24, 2.45) is 0 Å². The number of anilines is 2. The van der Waals surface area contributed by atoms with Crippen molar-refractivity contribution in [3.8, 4) is 0 Å². The molecule has 5 nitrogen and oxygen atoms in total. The number of nitrogens with zero attached hydrogens (tertiary/aromatic N) is 3. The Balaban J connectivity index is 1.79. The van der Waals surface area contributed by atoms with Gasteiger partial charge in [0.2, 0.25) is 5.95 Å². The van der Waals surface area contributed by atoms with Gasteiger partial charge < -0.3 is 10.2 Å². The Morgan fingerprint density at radius 2 is 1.85 bits per heavy atom. The Hall–Kier alpha value is -3.21. The molecule has 0 aliphatic heterocycles. The number of hydrogen-bond acceptors (Lipinski definition) is 4. The Labute approximate surface area is 160 Å². The molecule has 27 heavy (non-hydrogen) atoms. The molecule has 0 atom stereocenters. The quantitative estimate of drug-likeness (QED) is 0.709. The number of benzene rings is 2. The van der Waals surface area contributed by atoms with Crippen molar-refractivity contribution in [3.63, 3.8) is 0 Å². The molecule has 138 valence electrons. The van der Waals surface area contributed by atoms with Crippen LogP contribution in [0.3, 0.4) is 0 Å². The van der Waals surface area contributed by atoms with Crippen molar-refractivity contribution >= 4 is 17.5 Å². The molecule has 0 radical (unpaired) electrons. The molecule has 3 aromatic rings. The average Bonchev–Trinajstić information content (AvgIpc) is 2.69. The molecule has 0 saturated carbocycles. The van der Waals surface area contributed by atoms with E-state index in [1.165, 1.54) is 5.56 Å².